The highest BCUT2D eigenvalue weighted by Crippen LogP contribution is 2.22. The normalized spacial score (nSPS) is 13.5. The second-order valence-corrected chi connectivity index (χ2v) is 3.83. The van der Waals surface area contributed by atoms with Crippen molar-refractivity contribution in [2.75, 3.05) is 0 Å². The molecule has 0 saturated heterocycles. The predicted molar refractivity (Wildman–Crippen MR) is 58.8 cm³/mol. The van der Waals surface area contributed by atoms with Gasteiger partial charge < -0.3 is 5.73 Å². The molecule has 0 fully saturated rings. The van der Waals surface area contributed by atoms with Crippen LogP contribution in [0.3, 0.4) is 0 Å². The van der Waals surface area contributed by atoms with Gasteiger partial charge in [-0.05, 0) is 12.0 Å². The van der Waals surface area contributed by atoms with E-state index in [2.05, 4.69) is 0 Å². The fourth-order valence-corrected chi connectivity index (χ4v) is 1.36. The minimum absolute atomic E-state index is 0.266. The molecule has 1 unspecified atom stereocenters. The van der Waals surface area contributed by atoms with E-state index in [9.17, 15) is 18.0 Å². The molecule has 1 rings (SSSR count). The summed E-state index contributed by atoms with van der Waals surface area (Å²) in [7, 11) is 0. The molecule has 2 nitrogen and oxygen atoms in total. The van der Waals surface area contributed by atoms with E-state index in [0.29, 0.717) is 0 Å². The zero-order valence-corrected chi connectivity index (χ0v) is 9.42. The Kier molecular flexibility index (Phi) is 4.28. The van der Waals surface area contributed by atoms with E-state index >= 15 is 0 Å². The maximum absolute atomic E-state index is 12.2. The maximum atomic E-state index is 12.2. The number of hydrogen-bond acceptors (Lipinski definition) is 2. The molecule has 1 atom stereocenters. The number of halogens is 3. The van der Waals surface area contributed by atoms with Gasteiger partial charge in [-0.25, -0.2) is 0 Å². The lowest BCUT2D eigenvalue weighted by Crippen LogP contribution is -2.39. The number of carbonyl (C=O) groups excluding carboxylic acids is 1. The zero-order chi connectivity index (χ0) is 13.1. The summed E-state index contributed by atoms with van der Waals surface area (Å²) in [6, 6.07) is 4.42. The highest BCUT2D eigenvalue weighted by molar-refractivity contribution is 5.96. The molecule has 0 aliphatic carbocycles. The van der Waals surface area contributed by atoms with Gasteiger partial charge in [-0.3, -0.25) is 4.79 Å². The van der Waals surface area contributed by atoms with Crippen LogP contribution in [0.4, 0.5) is 13.2 Å². The molecular weight excluding hydrogens is 231 g/mol. The Bertz CT molecular complexity index is 384. The number of ketones is 1. The van der Waals surface area contributed by atoms with E-state index in [-0.39, 0.29) is 5.56 Å². The van der Waals surface area contributed by atoms with Gasteiger partial charge in [0.1, 0.15) is 6.04 Å². The summed E-state index contributed by atoms with van der Waals surface area (Å²) in [5.74, 6) is -0.586. The molecule has 2 N–H and O–H groups in total. The van der Waals surface area contributed by atoms with Crippen LogP contribution in [0.2, 0.25) is 0 Å². The second-order valence-electron chi connectivity index (χ2n) is 3.83. The number of aryl methyl sites for hydroxylation is 1. The van der Waals surface area contributed by atoms with Crippen molar-refractivity contribution in [3.8, 4) is 0 Å². The fourth-order valence-electron chi connectivity index (χ4n) is 1.36. The average Bonchev–Trinajstić information content (AvgIpc) is 2.27. The van der Waals surface area contributed by atoms with Gasteiger partial charge in [0, 0.05) is 12.0 Å². The minimum Gasteiger partial charge on any atom is -0.320 e. The number of carbonyl (C=O) groups is 1. The molecule has 0 aliphatic rings. The number of benzene rings is 1. The minimum atomic E-state index is -4.53. The topological polar surface area (TPSA) is 43.1 Å². The molecule has 1 aromatic rings. The first-order valence-corrected chi connectivity index (χ1v) is 5.29. The molecule has 0 amide bonds. The number of nitrogens with two attached hydrogens (primary N) is 1. The molecule has 0 heterocycles. The van der Waals surface area contributed by atoms with Crippen molar-refractivity contribution in [2.45, 2.75) is 32.0 Å². The average molecular weight is 245 g/mol. The number of rotatable bonds is 4. The molecule has 0 spiro atoms. The summed E-state index contributed by atoms with van der Waals surface area (Å²) < 4.78 is 36.5. The molecule has 17 heavy (non-hydrogen) atoms. The molecule has 1 aromatic carbocycles. The quantitative estimate of drug-likeness (QED) is 0.829. The summed E-state index contributed by atoms with van der Waals surface area (Å²) in [5.41, 5.74) is 6.19. The first-order valence-electron chi connectivity index (χ1n) is 5.29. The predicted octanol–water partition coefficient (Wildman–Crippen LogP) is 2.71. The first kappa shape index (κ1) is 13.7. The van der Waals surface area contributed by atoms with Crippen molar-refractivity contribution >= 4 is 5.78 Å². The lowest BCUT2D eigenvalue weighted by molar-refractivity contribution is -0.146. The fraction of sp³-hybridized carbons (Fsp3) is 0.417. The van der Waals surface area contributed by atoms with Gasteiger partial charge in [-0.15, -0.1) is 0 Å². The lowest BCUT2D eigenvalue weighted by Gasteiger charge is -2.14. The smallest absolute Gasteiger partial charge is 0.320 e. The van der Waals surface area contributed by atoms with E-state index in [4.69, 9.17) is 5.73 Å². The molecule has 0 saturated carbocycles. The van der Waals surface area contributed by atoms with Gasteiger partial charge in [-0.1, -0.05) is 31.2 Å². The Hall–Kier alpha value is -1.36. The molecule has 94 valence electrons. The van der Waals surface area contributed by atoms with E-state index in [1.165, 1.54) is 12.1 Å². The SMILES string of the molecule is CCc1ccc(C(=O)CC(N)C(F)(F)F)cc1. The monoisotopic (exact) mass is 245 g/mol. The van der Waals surface area contributed by atoms with Crippen molar-refractivity contribution in [3.63, 3.8) is 0 Å². The number of hydrogen-bond donors (Lipinski definition) is 1. The van der Waals surface area contributed by atoms with Crippen LogP contribution < -0.4 is 5.73 Å². The Morgan fingerprint density at radius 1 is 1.29 bits per heavy atom. The Morgan fingerprint density at radius 3 is 2.24 bits per heavy atom. The number of Topliss-reactive ketones (excluding diaryl/α,β-unsaturated/α-hetero) is 1. The summed E-state index contributed by atoms with van der Waals surface area (Å²) in [5, 5.41) is 0. The molecule has 5 heteroatoms. The van der Waals surface area contributed by atoms with Crippen LogP contribution >= 0.6 is 0 Å². The zero-order valence-electron chi connectivity index (χ0n) is 9.42. The Labute approximate surface area is 97.6 Å². The molecule has 0 aliphatic heterocycles. The van der Waals surface area contributed by atoms with E-state index in [1.54, 1.807) is 12.1 Å². The third-order valence-corrected chi connectivity index (χ3v) is 2.51. The van der Waals surface area contributed by atoms with Gasteiger partial charge >= 0.3 is 6.18 Å². The van der Waals surface area contributed by atoms with Crippen molar-refractivity contribution in [1.29, 1.82) is 0 Å². The van der Waals surface area contributed by atoms with Gasteiger partial charge in [0.05, 0.1) is 0 Å². The van der Waals surface area contributed by atoms with Gasteiger partial charge in [0.25, 0.3) is 0 Å². The highest BCUT2D eigenvalue weighted by Gasteiger charge is 2.37. The lowest BCUT2D eigenvalue weighted by atomic mass is 10.0. The number of alkyl halides is 3. The van der Waals surface area contributed by atoms with Crippen LogP contribution in [0, 0.1) is 0 Å². The first-order chi connectivity index (χ1) is 7.84. The summed E-state index contributed by atoms with van der Waals surface area (Å²) >= 11 is 0. The molecule has 0 bridgehead atoms. The largest absolute Gasteiger partial charge is 0.404 e. The standard InChI is InChI=1S/C12H14F3NO/c1-2-8-3-5-9(6-4-8)10(17)7-11(16)12(13,14)15/h3-6,11H,2,7,16H2,1H3. The van der Waals surface area contributed by atoms with Crippen LogP contribution in [0.25, 0.3) is 0 Å². The Balaban J connectivity index is 2.70. The van der Waals surface area contributed by atoms with Crippen LogP contribution in [-0.2, 0) is 6.42 Å². The third kappa shape index (κ3) is 3.85. The summed E-state index contributed by atoms with van der Waals surface area (Å²) in [6.07, 6.45) is -4.43. The van der Waals surface area contributed by atoms with Crippen molar-refractivity contribution < 1.29 is 18.0 Å². The van der Waals surface area contributed by atoms with Crippen LogP contribution in [-0.4, -0.2) is 18.0 Å². The van der Waals surface area contributed by atoms with E-state index in [0.717, 1.165) is 12.0 Å². The van der Waals surface area contributed by atoms with Crippen LogP contribution in [0.5, 0.6) is 0 Å². The summed E-state index contributed by atoms with van der Waals surface area (Å²) in [6.45, 7) is 1.95. The van der Waals surface area contributed by atoms with Gasteiger partial charge in [-0.2, -0.15) is 13.2 Å². The molecular formula is C12H14F3NO. The second kappa shape index (κ2) is 5.31. The van der Waals surface area contributed by atoms with Crippen LogP contribution in [0.1, 0.15) is 29.3 Å². The highest BCUT2D eigenvalue weighted by atomic mass is 19.4. The van der Waals surface area contributed by atoms with Gasteiger partial charge in [0.2, 0.25) is 0 Å². The van der Waals surface area contributed by atoms with Gasteiger partial charge in [0.15, 0.2) is 5.78 Å². The Morgan fingerprint density at radius 2 is 1.82 bits per heavy atom. The van der Waals surface area contributed by atoms with Crippen molar-refractivity contribution in [2.24, 2.45) is 5.73 Å². The van der Waals surface area contributed by atoms with E-state index < -0.39 is 24.4 Å². The molecule has 0 aromatic heterocycles. The van der Waals surface area contributed by atoms with Crippen LogP contribution in [0.15, 0.2) is 24.3 Å². The third-order valence-electron chi connectivity index (χ3n) is 2.51. The maximum Gasteiger partial charge on any atom is 0.404 e. The van der Waals surface area contributed by atoms with Crippen molar-refractivity contribution in [1.82, 2.24) is 0 Å². The molecule has 0 radical (unpaired) electrons. The van der Waals surface area contributed by atoms with Crippen molar-refractivity contribution in [3.05, 3.63) is 35.4 Å². The van der Waals surface area contributed by atoms with E-state index in [1.807, 2.05) is 6.92 Å². The summed E-state index contributed by atoms with van der Waals surface area (Å²) in [4.78, 5) is 11.5.